The van der Waals surface area contributed by atoms with Gasteiger partial charge < -0.3 is 49.1 Å². The number of amides is 4. The topological polar surface area (TPSA) is 278 Å². The summed E-state index contributed by atoms with van der Waals surface area (Å²) in [6, 6.07) is -3.80. The van der Waals surface area contributed by atoms with Crippen molar-refractivity contribution in [3.05, 3.63) is 0 Å². The Morgan fingerprint density at radius 3 is 2.09 bits per heavy atom. The van der Waals surface area contributed by atoms with E-state index in [1.54, 1.807) is 0 Å². The average molecular weight is 460 g/mol. The zero-order valence-electron chi connectivity index (χ0n) is 17.7. The third-order valence-electron chi connectivity index (χ3n) is 4.09. The Kier molecular flexibility index (Phi) is 13.0. The van der Waals surface area contributed by atoms with Crippen LogP contribution in [-0.4, -0.2) is 83.1 Å². The van der Waals surface area contributed by atoms with Crippen LogP contribution >= 0.6 is 0 Å². The number of nitrogens with two attached hydrogens (primary N) is 4. The molecule has 13 N–H and O–H groups in total. The van der Waals surface area contributed by atoms with Crippen LogP contribution in [0.15, 0.2) is 4.99 Å². The Morgan fingerprint density at radius 1 is 0.969 bits per heavy atom. The fraction of sp³-hybridized carbons (Fsp3) is 0.647. The van der Waals surface area contributed by atoms with Gasteiger partial charge in [0.05, 0.1) is 12.1 Å². The molecule has 0 aromatic carbocycles. The quantitative estimate of drug-likeness (QED) is 0.0638. The molecule has 4 unspecified atom stereocenters. The molecule has 0 aromatic heterocycles. The minimum atomic E-state index is -1.48. The molecule has 0 aliphatic carbocycles. The second kappa shape index (κ2) is 14.5. The van der Waals surface area contributed by atoms with Crippen LogP contribution in [0, 0.1) is 0 Å². The van der Waals surface area contributed by atoms with Gasteiger partial charge in [0, 0.05) is 13.0 Å². The van der Waals surface area contributed by atoms with Gasteiger partial charge in [0.1, 0.15) is 18.6 Å². The normalized spacial score (nSPS) is 14.2. The predicted octanol–water partition coefficient (Wildman–Crippen LogP) is -4.82. The van der Waals surface area contributed by atoms with Crippen LogP contribution in [0.4, 0.5) is 0 Å². The third kappa shape index (κ3) is 12.3. The van der Waals surface area contributed by atoms with Gasteiger partial charge in [0.15, 0.2) is 5.96 Å². The highest BCUT2D eigenvalue weighted by atomic mass is 16.4. The minimum Gasteiger partial charge on any atom is -0.480 e. The van der Waals surface area contributed by atoms with E-state index in [0.717, 1.165) is 0 Å². The van der Waals surface area contributed by atoms with Crippen molar-refractivity contribution in [3.63, 3.8) is 0 Å². The van der Waals surface area contributed by atoms with Crippen LogP contribution < -0.4 is 38.9 Å². The van der Waals surface area contributed by atoms with Gasteiger partial charge in [-0.3, -0.25) is 29.0 Å². The molecule has 0 heterocycles. The molecule has 0 aliphatic rings. The first-order valence-electron chi connectivity index (χ1n) is 9.72. The first kappa shape index (κ1) is 28.5. The standard InChI is InChI=1S/C17H32N8O7/c1-8(26)13(16(32)23-7-12(28)29)25-15(31)10(3-2-6-22-17(20)21)24-14(30)9(18)4-5-11(19)27/h8-10,13,26H,2-7,18H2,1H3,(H2,19,27)(H,23,32)(H,24,30)(H,25,31)(H,28,29)(H4,20,21,22). The molecule has 0 bridgehead atoms. The summed E-state index contributed by atoms with van der Waals surface area (Å²) >= 11 is 0. The zero-order chi connectivity index (χ0) is 24.8. The van der Waals surface area contributed by atoms with E-state index < -0.39 is 60.4 Å². The van der Waals surface area contributed by atoms with Crippen LogP contribution in [-0.2, 0) is 24.0 Å². The van der Waals surface area contributed by atoms with Crippen LogP contribution in [0.3, 0.4) is 0 Å². The molecule has 4 amide bonds. The summed E-state index contributed by atoms with van der Waals surface area (Å²) in [5.74, 6) is -4.62. The third-order valence-corrected chi connectivity index (χ3v) is 4.09. The number of nitrogens with zero attached hydrogens (tertiary/aromatic N) is 1. The van der Waals surface area contributed by atoms with Crippen molar-refractivity contribution >= 4 is 35.6 Å². The Balaban J connectivity index is 5.29. The summed E-state index contributed by atoms with van der Waals surface area (Å²) in [4.78, 5) is 62.4. The largest absolute Gasteiger partial charge is 0.480 e. The van der Waals surface area contributed by atoms with Crippen LogP contribution in [0.5, 0.6) is 0 Å². The maximum atomic E-state index is 12.7. The van der Waals surface area contributed by atoms with Gasteiger partial charge in [0.25, 0.3) is 0 Å². The Labute approximate surface area is 184 Å². The molecule has 0 aromatic rings. The molecule has 15 heteroatoms. The Bertz CT molecular complexity index is 709. The number of aliphatic carboxylic acids is 1. The number of primary amides is 1. The maximum absolute atomic E-state index is 12.7. The van der Waals surface area contributed by atoms with E-state index in [0.29, 0.717) is 0 Å². The number of aliphatic imine (C=N–C) groups is 1. The van der Waals surface area contributed by atoms with Gasteiger partial charge in [-0.15, -0.1) is 0 Å². The van der Waals surface area contributed by atoms with E-state index in [2.05, 4.69) is 15.6 Å². The van der Waals surface area contributed by atoms with Crippen molar-refractivity contribution in [2.45, 2.75) is 56.8 Å². The fourth-order valence-electron chi connectivity index (χ4n) is 2.41. The van der Waals surface area contributed by atoms with Gasteiger partial charge in [-0.1, -0.05) is 0 Å². The van der Waals surface area contributed by atoms with Crippen LogP contribution in [0.25, 0.3) is 0 Å². The molecule has 0 fully saturated rings. The van der Waals surface area contributed by atoms with Crippen molar-refractivity contribution in [3.8, 4) is 0 Å². The number of carboxylic acid groups (broad SMARTS) is 1. The van der Waals surface area contributed by atoms with Gasteiger partial charge in [-0.2, -0.15) is 0 Å². The molecule has 4 atom stereocenters. The lowest BCUT2D eigenvalue weighted by atomic mass is 10.1. The summed E-state index contributed by atoms with van der Waals surface area (Å²) in [6.07, 6.45) is -1.25. The molecule has 182 valence electrons. The average Bonchev–Trinajstić information content (AvgIpc) is 2.69. The van der Waals surface area contributed by atoms with E-state index in [1.165, 1.54) is 6.92 Å². The van der Waals surface area contributed by atoms with Gasteiger partial charge in [0.2, 0.25) is 23.6 Å². The lowest BCUT2D eigenvalue weighted by Crippen LogP contribution is -2.58. The lowest BCUT2D eigenvalue weighted by molar-refractivity contribution is -0.139. The molecule has 0 saturated carbocycles. The molecule has 0 aliphatic heterocycles. The van der Waals surface area contributed by atoms with Crippen molar-refractivity contribution in [2.24, 2.45) is 27.9 Å². The number of hydrogen-bond acceptors (Lipinski definition) is 8. The van der Waals surface area contributed by atoms with E-state index in [9.17, 15) is 29.1 Å². The van der Waals surface area contributed by atoms with Crippen molar-refractivity contribution in [2.75, 3.05) is 13.1 Å². The smallest absolute Gasteiger partial charge is 0.322 e. The second-order valence-electron chi connectivity index (χ2n) is 6.96. The summed E-state index contributed by atoms with van der Waals surface area (Å²) in [5, 5.41) is 25.2. The molecule has 0 radical (unpaired) electrons. The molecule has 0 spiro atoms. The molecular weight excluding hydrogens is 428 g/mol. The van der Waals surface area contributed by atoms with Crippen molar-refractivity contribution < 1.29 is 34.2 Å². The summed E-state index contributed by atoms with van der Waals surface area (Å²) in [5.41, 5.74) is 21.2. The lowest BCUT2D eigenvalue weighted by Gasteiger charge is -2.25. The monoisotopic (exact) mass is 460 g/mol. The van der Waals surface area contributed by atoms with Gasteiger partial charge in [-0.25, -0.2) is 0 Å². The number of rotatable bonds is 15. The number of guanidine groups is 1. The zero-order valence-corrected chi connectivity index (χ0v) is 17.7. The van der Waals surface area contributed by atoms with Crippen molar-refractivity contribution in [1.29, 1.82) is 0 Å². The first-order valence-corrected chi connectivity index (χ1v) is 9.72. The predicted molar refractivity (Wildman–Crippen MR) is 113 cm³/mol. The first-order chi connectivity index (χ1) is 14.8. The van der Waals surface area contributed by atoms with E-state index in [1.807, 2.05) is 5.32 Å². The highest BCUT2D eigenvalue weighted by Gasteiger charge is 2.30. The minimum absolute atomic E-state index is 0.0418. The second-order valence-corrected chi connectivity index (χ2v) is 6.96. The number of aliphatic hydroxyl groups excluding tert-OH is 1. The van der Waals surface area contributed by atoms with Crippen molar-refractivity contribution in [1.82, 2.24) is 16.0 Å². The highest BCUT2D eigenvalue weighted by molar-refractivity contribution is 5.94. The summed E-state index contributed by atoms with van der Waals surface area (Å²) < 4.78 is 0. The maximum Gasteiger partial charge on any atom is 0.322 e. The van der Waals surface area contributed by atoms with E-state index >= 15 is 0 Å². The Morgan fingerprint density at radius 2 is 1.59 bits per heavy atom. The highest BCUT2D eigenvalue weighted by Crippen LogP contribution is 2.03. The SMILES string of the molecule is CC(O)C(NC(=O)C(CCCN=C(N)N)NC(=O)C(N)CCC(N)=O)C(=O)NCC(=O)O. The number of carbonyl (C=O) groups is 5. The van der Waals surface area contributed by atoms with Gasteiger partial charge >= 0.3 is 5.97 Å². The number of carbonyl (C=O) groups excluding carboxylic acids is 4. The number of carboxylic acids is 1. The molecular formula is C17H32N8O7. The fourth-order valence-corrected chi connectivity index (χ4v) is 2.41. The summed E-state index contributed by atoms with van der Waals surface area (Å²) in [7, 11) is 0. The molecule has 0 saturated heterocycles. The van der Waals surface area contributed by atoms with E-state index in [-0.39, 0.29) is 38.2 Å². The molecule has 0 rings (SSSR count). The molecule has 32 heavy (non-hydrogen) atoms. The number of aliphatic hydroxyl groups is 1. The summed E-state index contributed by atoms with van der Waals surface area (Å²) in [6.45, 7) is 0.650. The van der Waals surface area contributed by atoms with Gasteiger partial charge in [-0.05, 0) is 26.2 Å². The number of nitrogens with one attached hydrogen (secondary N) is 3. The van der Waals surface area contributed by atoms with Crippen LogP contribution in [0.2, 0.25) is 0 Å². The van der Waals surface area contributed by atoms with E-state index in [4.69, 9.17) is 28.0 Å². The number of hydrogen-bond donors (Lipinski definition) is 9. The van der Waals surface area contributed by atoms with Crippen LogP contribution in [0.1, 0.15) is 32.6 Å². The Hall–Kier alpha value is -3.46. The molecule has 15 nitrogen and oxygen atoms in total.